The summed E-state index contributed by atoms with van der Waals surface area (Å²) >= 11 is 0. The monoisotopic (exact) mass is 155 g/mol. The van der Waals surface area contributed by atoms with Crippen molar-refractivity contribution in [2.75, 3.05) is 7.11 Å². The molecule has 0 spiro atoms. The fourth-order valence-electron chi connectivity index (χ4n) is 1.31. The highest BCUT2D eigenvalue weighted by molar-refractivity contribution is 4.86. The number of hydrogen-bond acceptors (Lipinski definition) is 2. The van der Waals surface area contributed by atoms with Crippen LogP contribution in [0.25, 0.3) is 4.85 Å². The van der Waals surface area contributed by atoms with Gasteiger partial charge in [0, 0.05) is 13.0 Å². The third kappa shape index (κ3) is 1.37. The molecule has 1 aliphatic rings. The van der Waals surface area contributed by atoms with Crippen LogP contribution in [0.1, 0.15) is 13.8 Å². The Morgan fingerprint density at radius 2 is 2.00 bits per heavy atom. The summed E-state index contributed by atoms with van der Waals surface area (Å²) in [7, 11) is 1.61. The fraction of sp³-hybridized carbons (Fsp3) is 0.875. The van der Waals surface area contributed by atoms with E-state index in [2.05, 4.69) is 4.85 Å². The Bertz CT molecular complexity index is 175. The Balaban J connectivity index is 2.62. The van der Waals surface area contributed by atoms with Crippen molar-refractivity contribution in [2.45, 2.75) is 26.4 Å². The molecule has 0 aliphatic carbocycles. The van der Waals surface area contributed by atoms with E-state index in [-0.39, 0.29) is 18.4 Å². The normalized spacial score (nSPS) is 43.8. The van der Waals surface area contributed by atoms with Gasteiger partial charge in [-0.1, -0.05) is 13.8 Å². The van der Waals surface area contributed by atoms with E-state index in [1.807, 2.05) is 13.8 Å². The van der Waals surface area contributed by atoms with Crippen LogP contribution in [0.5, 0.6) is 0 Å². The van der Waals surface area contributed by atoms with Gasteiger partial charge in [-0.3, -0.25) is 9.58 Å². The van der Waals surface area contributed by atoms with Crippen molar-refractivity contribution < 1.29 is 9.47 Å². The molecule has 3 nitrogen and oxygen atoms in total. The van der Waals surface area contributed by atoms with E-state index in [4.69, 9.17) is 16.0 Å². The van der Waals surface area contributed by atoms with Crippen LogP contribution in [0.15, 0.2) is 0 Å². The molecular weight excluding hydrogens is 142 g/mol. The highest BCUT2D eigenvalue weighted by Crippen LogP contribution is 2.32. The van der Waals surface area contributed by atoms with Crippen molar-refractivity contribution in [3.63, 3.8) is 0 Å². The average Bonchev–Trinajstić information content (AvgIpc) is 2.30. The van der Waals surface area contributed by atoms with Crippen molar-refractivity contribution in [3.8, 4) is 0 Å². The first-order valence-corrected chi connectivity index (χ1v) is 3.75. The van der Waals surface area contributed by atoms with Gasteiger partial charge in [-0.05, 0) is 0 Å². The van der Waals surface area contributed by atoms with Gasteiger partial charge in [0.15, 0.2) is 6.29 Å². The van der Waals surface area contributed by atoms with E-state index in [1.54, 1.807) is 7.11 Å². The van der Waals surface area contributed by atoms with Crippen molar-refractivity contribution >= 4 is 0 Å². The van der Waals surface area contributed by atoms with E-state index in [1.165, 1.54) is 0 Å². The van der Waals surface area contributed by atoms with Crippen LogP contribution >= 0.6 is 0 Å². The molecule has 4 atom stereocenters. The molecule has 0 aromatic heterocycles. The second-order valence-corrected chi connectivity index (χ2v) is 2.98. The van der Waals surface area contributed by atoms with Crippen molar-refractivity contribution in [1.82, 2.24) is 0 Å². The smallest absolute Gasteiger partial charge is 0.332 e. The zero-order chi connectivity index (χ0) is 8.43. The molecule has 3 heteroatoms. The van der Waals surface area contributed by atoms with Gasteiger partial charge >= 0.3 is 6.23 Å². The van der Waals surface area contributed by atoms with E-state index in [9.17, 15) is 0 Å². The molecule has 0 unspecified atom stereocenters. The van der Waals surface area contributed by atoms with Gasteiger partial charge in [0.05, 0.1) is 5.92 Å². The van der Waals surface area contributed by atoms with Crippen LogP contribution in [0.2, 0.25) is 0 Å². The number of ether oxygens (including phenoxy) is 2. The Hall–Kier alpha value is -0.590. The minimum atomic E-state index is -0.310. The summed E-state index contributed by atoms with van der Waals surface area (Å²) < 4.78 is 10.4. The zero-order valence-corrected chi connectivity index (χ0v) is 7.07. The quantitative estimate of drug-likeness (QED) is 0.535. The summed E-state index contributed by atoms with van der Waals surface area (Å²) in [5.41, 5.74) is 0. The minimum absolute atomic E-state index is 0.191. The van der Waals surface area contributed by atoms with Crippen molar-refractivity contribution in [3.05, 3.63) is 11.4 Å². The van der Waals surface area contributed by atoms with E-state index in [0.29, 0.717) is 5.92 Å². The lowest BCUT2D eigenvalue weighted by Crippen LogP contribution is -2.17. The Morgan fingerprint density at radius 1 is 1.36 bits per heavy atom. The van der Waals surface area contributed by atoms with Gasteiger partial charge in [-0.25, -0.2) is 6.57 Å². The van der Waals surface area contributed by atoms with Crippen LogP contribution in [0.4, 0.5) is 0 Å². The number of rotatable bonds is 1. The predicted molar refractivity (Wildman–Crippen MR) is 40.6 cm³/mol. The first-order valence-electron chi connectivity index (χ1n) is 3.75. The highest BCUT2D eigenvalue weighted by atomic mass is 16.7. The van der Waals surface area contributed by atoms with E-state index < -0.39 is 0 Å². The summed E-state index contributed by atoms with van der Waals surface area (Å²) in [6.45, 7) is 10.9. The summed E-state index contributed by atoms with van der Waals surface area (Å²) in [4.78, 5) is 3.36. The first-order chi connectivity index (χ1) is 5.20. The molecule has 1 saturated heterocycles. The molecule has 0 aromatic carbocycles. The third-order valence-electron chi connectivity index (χ3n) is 2.34. The van der Waals surface area contributed by atoms with Crippen LogP contribution in [-0.4, -0.2) is 19.6 Å². The van der Waals surface area contributed by atoms with Gasteiger partial charge in [0.2, 0.25) is 0 Å². The summed E-state index contributed by atoms with van der Waals surface area (Å²) in [5, 5.41) is 0. The average molecular weight is 155 g/mol. The lowest BCUT2D eigenvalue weighted by molar-refractivity contribution is -0.120. The topological polar surface area (TPSA) is 22.8 Å². The van der Waals surface area contributed by atoms with Crippen molar-refractivity contribution in [1.29, 1.82) is 0 Å². The van der Waals surface area contributed by atoms with Gasteiger partial charge in [0.1, 0.15) is 0 Å². The molecule has 0 saturated carbocycles. The molecule has 1 rings (SSSR count). The van der Waals surface area contributed by atoms with E-state index in [0.717, 1.165) is 0 Å². The number of methoxy groups -OCH3 is 1. The van der Waals surface area contributed by atoms with Crippen LogP contribution in [0, 0.1) is 18.4 Å². The SMILES string of the molecule is [C-]#[N+][C@H]1O[C@@H](OC)[C@H](C)[C@@H]1C. The molecule has 1 fully saturated rings. The third-order valence-corrected chi connectivity index (χ3v) is 2.34. The lowest BCUT2D eigenvalue weighted by Gasteiger charge is -2.11. The molecule has 1 aliphatic heterocycles. The summed E-state index contributed by atoms with van der Waals surface area (Å²) in [6, 6.07) is 0. The minimum Gasteiger partial charge on any atom is -0.355 e. The molecule has 11 heavy (non-hydrogen) atoms. The lowest BCUT2D eigenvalue weighted by atomic mass is 9.97. The summed E-state index contributed by atoms with van der Waals surface area (Å²) in [5.74, 6) is 0.594. The molecule has 0 N–H and O–H groups in total. The molecule has 0 aromatic rings. The van der Waals surface area contributed by atoms with Crippen molar-refractivity contribution in [2.24, 2.45) is 11.8 Å². The Morgan fingerprint density at radius 3 is 2.27 bits per heavy atom. The Kier molecular flexibility index (Phi) is 2.48. The predicted octanol–water partition coefficient (Wildman–Crippen LogP) is 1.51. The first kappa shape index (κ1) is 8.51. The largest absolute Gasteiger partial charge is 0.355 e. The fourth-order valence-corrected chi connectivity index (χ4v) is 1.31. The van der Waals surface area contributed by atoms with Crippen LogP contribution in [-0.2, 0) is 9.47 Å². The standard InChI is InChI=1S/C8H13NO2/c1-5-6(2)8(10-4)11-7(5)9-3/h5-8H,1-2,4H3/t5-,6+,7-,8+/m0/s1. The highest BCUT2D eigenvalue weighted by Gasteiger charge is 2.43. The molecule has 62 valence electrons. The molecule has 0 radical (unpaired) electrons. The number of hydrogen-bond donors (Lipinski definition) is 0. The maximum atomic E-state index is 6.83. The summed E-state index contributed by atoms with van der Waals surface area (Å²) in [6.07, 6.45) is -0.501. The number of nitrogens with zero attached hydrogens (tertiary/aromatic N) is 1. The Labute approximate surface area is 67.1 Å². The van der Waals surface area contributed by atoms with Gasteiger partial charge in [-0.2, -0.15) is 0 Å². The van der Waals surface area contributed by atoms with Crippen LogP contribution in [0.3, 0.4) is 0 Å². The molecule has 1 heterocycles. The second kappa shape index (κ2) is 3.21. The molecular formula is C8H13NO2. The molecule has 0 amide bonds. The maximum absolute atomic E-state index is 6.83. The maximum Gasteiger partial charge on any atom is 0.332 e. The van der Waals surface area contributed by atoms with Gasteiger partial charge in [-0.15, -0.1) is 0 Å². The zero-order valence-electron chi connectivity index (χ0n) is 7.07. The van der Waals surface area contributed by atoms with Gasteiger partial charge < -0.3 is 4.74 Å². The second-order valence-electron chi connectivity index (χ2n) is 2.98. The van der Waals surface area contributed by atoms with Crippen LogP contribution < -0.4 is 0 Å². The molecule has 0 bridgehead atoms. The van der Waals surface area contributed by atoms with E-state index >= 15 is 0 Å². The van der Waals surface area contributed by atoms with Gasteiger partial charge in [0.25, 0.3) is 0 Å².